The molecule has 2 fully saturated rings. The predicted molar refractivity (Wildman–Crippen MR) is 111 cm³/mol. The Morgan fingerprint density at radius 1 is 1.22 bits per heavy atom. The number of carbonyl (C=O) groups excluding carboxylic acids is 2. The first kappa shape index (κ1) is 22.1. The molecule has 0 unspecified atom stereocenters. The number of aromatic nitrogens is 1. The van der Waals surface area contributed by atoms with Gasteiger partial charge in [-0.15, -0.1) is 0 Å². The van der Waals surface area contributed by atoms with E-state index < -0.39 is 24.0 Å². The zero-order valence-corrected chi connectivity index (χ0v) is 17.2. The summed E-state index contributed by atoms with van der Waals surface area (Å²) in [6, 6.07) is 9.86. The number of hydrogen-bond donors (Lipinski definition) is 2. The van der Waals surface area contributed by atoms with Crippen molar-refractivity contribution >= 4 is 17.5 Å². The number of ether oxygens (including phenoxy) is 1. The standard InChI is InChI=1S/C22H23F3N4O3/c23-22(24,25)10-19(30)21(7-9-27-14-21)32-18-5-3-17(4-6-18)28-20(31)29-12-16(13-29)15-2-1-8-26-11-15/h1-6,8,11,16,27H,7,9-10,12-14H2,(H,28,31)/t21-/m0/s1. The van der Waals surface area contributed by atoms with Crippen LogP contribution in [0.4, 0.5) is 23.7 Å². The van der Waals surface area contributed by atoms with Crippen molar-refractivity contribution in [2.75, 3.05) is 31.5 Å². The van der Waals surface area contributed by atoms with E-state index in [0.29, 0.717) is 25.3 Å². The Hall–Kier alpha value is -3.14. The van der Waals surface area contributed by atoms with Crippen LogP contribution < -0.4 is 15.4 Å². The minimum Gasteiger partial charge on any atom is -0.478 e. The van der Waals surface area contributed by atoms with Crippen molar-refractivity contribution in [2.24, 2.45) is 0 Å². The molecule has 1 atom stereocenters. The second kappa shape index (κ2) is 8.78. The van der Waals surface area contributed by atoms with Crippen LogP contribution in [0.15, 0.2) is 48.8 Å². The number of nitrogens with zero attached hydrogens (tertiary/aromatic N) is 2. The van der Waals surface area contributed by atoms with Crippen molar-refractivity contribution in [1.82, 2.24) is 15.2 Å². The van der Waals surface area contributed by atoms with Gasteiger partial charge in [0.15, 0.2) is 11.4 Å². The van der Waals surface area contributed by atoms with Crippen LogP contribution in [0, 0.1) is 0 Å². The summed E-state index contributed by atoms with van der Waals surface area (Å²) in [5, 5.41) is 5.69. The molecule has 2 aliphatic rings. The van der Waals surface area contributed by atoms with E-state index >= 15 is 0 Å². The van der Waals surface area contributed by atoms with Crippen LogP contribution in [0.3, 0.4) is 0 Å². The summed E-state index contributed by atoms with van der Waals surface area (Å²) in [4.78, 5) is 30.5. The highest BCUT2D eigenvalue weighted by Gasteiger charge is 2.47. The van der Waals surface area contributed by atoms with Gasteiger partial charge in [-0.25, -0.2) is 4.79 Å². The van der Waals surface area contributed by atoms with Crippen molar-refractivity contribution in [3.05, 3.63) is 54.4 Å². The Bertz CT molecular complexity index is 955. The molecule has 170 valence electrons. The molecule has 0 saturated carbocycles. The first-order valence-electron chi connectivity index (χ1n) is 10.3. The number of carbonyl (C=O) groups is 2. The number of pyridine rings is 1. The first-order valence-corrected chi connectivity index (χ1v) is 10.3. The highest BCUT2D eigenvalue weighted by Crippen LogP contribution is 2.31. The van der Waals surface area contributed by atoms with E-state index in [9.17, 15) is 22.8 Å². The second-order valence-corrected chi connectivity index (χ2v) is 8.08. The summed E-state index contributed by atoms with van der Waals surface area (Å²) in [6.45, 7) is 1.60. The number of nitrogens with one attached hydrogen (secondary N) is 2. The fraction of sp³-hybridized carbons (Fsp3) is 0.409. The van der Waals surface area contributed by atoms with E-state index in [-0.39, 0.29) is 30.7 Å². The monoisotopic (exact) mass is 448 g/mol. The lowest BCUT2D eigenvalue weighted by Gasteiger charge is -2.39. The van der Waals surface area contributed by atoms with Gasteiger partial charge in [-0.1, -0.05) is 6.07 Å². The zero-order valence-electron chi connectivity index (χ0n) is 17.2. The minimum absolute atomic E-state index is 0.0213. The van der Waals surface area contributed by atoms with Crippen molar-refractivity contribution in [3.63, 3.8) is 0 Å². The minimum atomic E-state index is -4.59. The highest BCUT2D eigenvalue weighted by atomic mass is 19.4. The van der Waals surface area contributed by atoms with E-state index in [2.05, 4.69) is 15.6 Å². The molecule has 0 aliphatic carbocycles. The van der Waals surface area contributed by atoms with Gasteiger partial charge in [0.25, 0.3) is 0 Å². The Balaban J connectivity index is 1.33. The number of ketones is 1. The van der Waals surface area contributed by atoms with Gasteiger partial charge in [0.2, 0.25) is 0 Å². The summed E-state index contributed by atoms with van der Waals surface area (Å²) >= 11 is 0. The number of urea groups is 1. The van der Waals surface area contributed by atoms with Gasteiger partial charge >= 0.3 is 12.2 Å². The van der Waals surface area contributed by atoms with Crippen molar-refractivity contribution < 1.29 is 27.5 Å². The Morgan fingerprint density at radius 3 is 2.56 bits per heavy atom. The number of anilines is 1. The van der Waals surface area contributed by atoms with Gasteiger partial charge in [-0.05, 0) is 42.4 Å². The molecule has 3 heterocycles. The van der Waals surface area contributed by atoms with Crippen molar-refractivity contribution in [3.8, 4) is 5.75 Å². The lowest BCUT2D eigenvalue weighted by Crippen LogP contribution is -2.50. The van der Waals surface area contributed by atoms with Gasteiger partial charge in [0.1, 0.15) is 12.2 Å². The number of hydrogen-bond acceptors (Lipinski definition) is 5. The van der Waals surface area contributed by atoms with E-state index in [1.165, 1.54) is 12.1 Å². The molecule has 1 aromatic carbocycles. The highest BCUT2D eigenvalue weighted by molar-refractivity contribution is 5.90. The molecule has 0 bridgehead atoms. The number of halogens is 3. The van der Waals surface area contributed by atoms with Crippen LogP contribution in [-0.2, 0) is 4.79 Å². The van der Waals surface area contributed by atoms with Crippen LogP contribution in [-0.4, -0.2) is 59.7 Å². The van der Waals surface area contributed by atoms with Crippen LogP contribution in [0.5, 0.6) is 5.75 Å². The molecule has 2 aromatic rings. The molecular formula is C22H23F3N4O3. The Kier molecular flexibility index (Phi) is 6.05. The first-order chi connectivity index (χ1) is 15.2. The normalized spacial score (nSPS) is 21.2. The van der Waals surface area contributed by atoms with Gasteiger partial charge in [-0.2, -0.15) is 13.2 Å². The SMILES string of the molecule is O=C(Nc1ccc(O[C@@]2(C(=O)CC(F)(F)F)CCNC2)cc1)N1CC(c2cccnc2)C1. The summed E-state index contributed by atoms with van der Waals surface area (Å²) in [5.74, 6) is -0.466. The lowest BCUT2D eigenvalue weighted by atomic mass is 9.93. The maximum atomic E-state index is 12.7. The molecule has 32 heavy (non-hydrogen) atoms. The maximum absolute atomic E-state index is 12.7. The molecule has 2 saturated heterocycles. The summed E-state index contributed by atoms with van der Waals surface area (Å²) in [5.41, 5.74) is 0.0695. The molecule has 2 amide bonds. The summed E-state index contributed by atoms with van der Waals surface area (Å²) in [6.07, 6.45) is -2.45. The Labute approximate surface area is 183 Å². The fourth-order valence-corrected chi connectivity index (χ4v) is 3.90. The number of likely N-dealkylation sites (tertiary alicyclic amines) is 1. The quantitative estimate of drug-likeness (QED) is 0.708. The number of benzene rings is 1. The molecule has 4 rings (SSSR count). The molecular weight excluding hydrogens is 425 g/mol. The number of amides is 2. The molecule has 0 radical (unpaired) electrons. The fourth-order valence-electron chi connectivity index (χ4n) is 3.90. The van der Waals surface area contributed by atoms with Crippen LogP contribution in [0.25, 0.3) is 0 Å². The third-order valence-corrected chi connectivity index (χ3v) is 5.73. The molecule has 10 heteroatoms. The van der Waals surface area contributed by atoms with E-state index in [1.807, 2.05) is 12.1 Å². The average Bonchev–Trinajstić information content (AvgIpc) is 3.18. The summed E-state index contributed by atoms with van der Waals surface area (Å²) in [7, 11) is 0. The van der Waals surface area contributed by atoms with Crippen LogP contribution >= 0.6 is 0 Å². The van der Waals surface area contributed by atoms with Crippen molar-refractivity contribution in [2.45, 2.75) is 30.5 Å². The number of Topliss-reactive ketones (excluding diaryl/α,β-unsaturated/α-hetero) is 1. The molecule has 0 spiro atoms. The molecule has 1 aromatic heterocycles. The van der Waals surface area contributed by atoms with Crippen LogP contribution in [0.2, 0.25) is 0 Å². The van der Waals surface area contributed by atoms with E-state index in [4.69, 9.17) is 4.74 Å². The smallest absolute Gasteiger partial charge is 0.396 e. The molecule has 2 N–H and O–H groups in total. The average molecular weight is 448 g/mol. The molecule has 2 aliphatic heterocycles. The Morgan fingerprint density at radius 2 is 1.97 bits per heavy atom. The number of rotatable bonds is 6. The molecule has 7 nitrogen and oxygen atoms in total. The maximum Gasteiger partial charge on any atom is 0.396 e. The van der Waals surface area contributed by atoms with Crippen molar-refractivity contribution in [1.29, 1.82) is 0 Å². The zero-order chi connectivity index (χ0) is 22.8. The third kappa shape index (κ3) is 5.01. The predicted octanol–water partition coefficient (Wildman–Crippen LogP) is 3.35. The second-order valence-electron chi connectivity index (χ2n) is 8.08. The van der Waals surface area contributed by atoms with Crippen LogP contribution in [0.1, 0.15) is 24.3 Å². The largest absolute Gasteiger partial charge is 0.478 e. The van der Waals surface area contributed by atoms with Gasteiger partial charge in [0.05, 0.1) is 0 Å². The summed E-state index contributed by atoms with van der Waals surface area (Å²) < 4.78 is 43.9. The van der Waals surface area contributed by atoms with E-state index in [0.717, 1.165) is 5.56 Å². The van der Waals surface area contributed by atoms with E-state index in [1.54, 1.807) is 29.4 Å². The van der Waals surface area contributed by atoms with Gasteiger partial charge in [0, 0.05) is 50.1 Å². The number of alkyl halides is 3. The van der Waals surface area contributed by atoms with Gasteiger partial charge < -0.3 is 20.3 Å². The van der Waals surface area contributed by atoms with Gasteiger partial charge in [-0.3, -0.25) is 9.78 Å². The topological polar surface area (TPSA) is 83.6 Å². The third-order valence-electron chi connectivity index (χ3n) is 5.73. The lowest BCUT2D eigenvalue weighted by molar-refractivity contribution is -0.162.